The summed E-state index contributed by atoms with van der Waals surface area (Å²) in [6.45, 7) is 0. The van der Waals surface area contributed by atoms with Crippen LogP contribution in [-0.2, 0) is 7.05 Å². The minimum Gasteiger partial charge on any atom is -0.356 e. The molecule has 1 aromatic heterocycles. The van der Waals surface area contributed by atoms with Crippen LogP contribution in [0.3, 0.4) is 0 Å². The molecule has 0 spiro atoms. The Hall–Kier alpha value is -1.24. The number of hydrogen-bond acceptors (Lipinski definition) is 0. The normalized spacial score (nSPS) is 10.5. The Balaban J connectivity index is 2.88. The van der Waals surface area contributed by atoms with Crippen molar-refractivity contribution in [1.82, 2.24) is 4.57 Å². The van der Waals surface area contributed by atoms with E-state index in [9.17, 15) is 0 Å². The molecule has 0 fully saturated rings. The SMILES string of the molecule is Cn1cc2[c]cccc2c1. The molecule has 0 aliphatic carbocycles. The van der Waals surface area contributed by atoms with Crippen molar-refractivity contribution in [1.29, 1.82) is 0 Å². The average Bonchev–Trinajstić information content (AvgIpc) is 2.27. The summed E-state index contributed by atoms with van der Waals surface area (Å²) in [5.41, 5.74) is 0. The zero-order chi connectivity index (χ0) is 6.97. The van der Waals surface area contributed by atoms with Gasteiger partial charge in [0, 0.05) is 24.8 Å². The number of fused-ring (bicyclic) bond motifs is 1. The summed E-state index contributed by atoms with van der Waals surface area (Å²) in [6.07, 6.45) is 4.15. The van der Waals surface area contributed by atoms with Crippen molar-refractivity contribution < 1.29 is 0 Å². The van der Waals surface area contributed by atoms with Crippen LogP contribution in [0.15, 0.2) is 30.6 Å². The largest absolute Gasteiger partial charge is 0.356 e. The zero-order valence-corrected chi connectivity index (χ0v) is 5.83. The van der Waals surface area contributed by atoms with E-state index >= 15 is 0 Å². The molecule has 1 radical (unpaired) electrons. The minimum absolute atomic E-state index is 1.19. The Bertz CT molecular complexity index is 313. The summed E-state index contributed by atoms with van der Waals surface area (Å²) in [6, 6.07) is 9.18. The Kier molecular flexibility index (Phi) is 1.04. The first kappa shape index (κ1) is 5.54. The van der Waals surface area contributed by atoms with Gasteiger partial charge in [-0.3, -0.25) is 0 Å². The van der Waals surface area contributed by atoms with Gasteiger partial charge in [0.1, 0.15) is 0 Å². The van der Waals surface area contributed by atoms with Crippen LogP contribution >= 0.6 is 0 Å². The Labute approximate surface area is 59.9 Å². The summed E-state index contributed by atoms with van der Waals surface area (Å²) in [7, 11) is 2.02. The summed E-state index contributed by atoms with van der Waals surface area (Å²) in [5.74, 6) is 0. The third kappa shape index (κ3) is 0.711. The fourth-order valence-corrected chi connectivity index (χ4v) is 1.15. The fraction of sp³-hybridized carbons (Fsp3) is 0.111. The smallest absolute Gasteiger partial charge is 0.0117 e. The molecule has 49 valence electrons. The highest BCUT2D eigenvalue weighted by Crippen LogP contribution is 2.11. The topological polar surface area (TPSA) is 4.93 Å². The lowest BCUT2D eigenvalue weighted by atomic mass is 10.2. The number of aromatic nitrogens is 1. The first-order chi connectivity index (χ1) is 4.86. The predicted octanol–water partition coefficient (Wildman–Crippen LogP) is 1.98. The van der Waals surface area contributed by atoms with Crippen LogP contribution in [0.25, 0.3) is 10.8 Å². The van der Waals surface area contributed by atoms with Gasteiger partial charge in [-0.2, -0.15) is 0 Å². The van der Waals surface area contributed by atoms with Gasteiger partial charge in [0.15, 0.2) is 0 Å². The van der Waals surface area contributed by atoms with Gasteiger partial charge in [-0.05, 0) is 11.5 Å². The third-order valence-corrected chi connectivity index (χ3v) is 1.60. The summed E-state index contributed by atoms with van der Waals surface area (Å²) < 4.78 is 2.04. The summed E-state index contributed by atoms with van der Waals surface area (Å²) in [5, 5.41) is 2.44. The molecular formula is C9H8N. The molecule has 1 nitrogen and oxygen atoms in total. The maximum absolute atomic E-state index is 3.15. The molecule has 0 N–H and O–H groups in total. The Morgan fingerprint density at radius 2 is 2.30 bits per heavy atom. The third-order valence-electron chi connectivity index (χ3n) is 1.60. The molecule has 1 heteroatoms. The molecule has 0 unspecified atom stereocenters. The van der Waals surface area contributed by atoms with E-state index in [2.05, 4.69) is 24.5 Å². The molecule has 2 aromatic rings. The number of nitrogens with zero attached hydrogens (tertiary/aromatic N) is 1. The predicted molar refractivity (Wildman–Crippen MR) is 41.8 cm³/mol. The quantitative estimate of drug-likeness (QED) is 0.514. The molecule has 0 aliphatic rings. The first-order valence-electron chi connectivity index (χ1n) is 3.28. The van der Waals surface area contributed by atoms with Crippen LogP contribution in [0.2, 0.25) is 0 Å². The lowest BCUT2D eigenvalue weighted by Crippen LogP contribution is -1.76. The molecule has 1 heterocycles. The van der Waals surface area contributed by atoms with Gasteiger partial charge >= 0.3 is 0 Å². The van der Waals surface area contributed by atoms with Gasteiger partial charge in [-0.1, -0.05) is 18.2 Å². The second-order valence-electron chi connectivity index (χ2n) is 2.46. The van der Waals surface area contributed by atoms with E-state index < -0.39 is 0 Å². The van der Waals surface area contributed by atoms with Crippen molar-refractivity contribution in [3.8, 4) is 0 Å². The van der Waals surface area contributed by atoms with E-state index in [1.54, 1.807) is 0 Å². The van der Waals surface area contributed by atoms with E-state index in [-0.39, 0.29) is 0 Å². The van der Waals surface area contributed by atoms with E-state index in [0.717, 1.165) is 0 Å². The van der Waals surface area contributed by atoms with Crippen molar-refractivity contribution >= 4 is 10.8 Å². The van der Waals surface area contributed by atoms with Crippen molar-refractivity contribution in [2.75, 3.05) is 0 Å². The monoisotopic (exact) mass is 130 g/mol. The van der Waals surface area contributed by atoms with Gasteiger partial charge in [0.05, 0.1) is 0 Å². The van der Waals surface area contributed by atoms with Crippen LogP contribution in [0, 0.1) is 6.07 Å². The van der Waals surface area contributed by atoms with Crippen molar-refractivity contribution in [2.45, 2.75) is 0 Å². The van der Waals surface area contributed by atoms with Gasteiger partial charge in [0.2, 0.25) is 0 Å². The standard InChI is InChI=1S/C9H8N/c1-10-6-8-4-2-3-5-9(8)7-10/h2-4,6-7H,1H3. The van der Waals surface area contributed by atoms with Crippen LogP contribution < -0.4 is 0 Å². The molecule has 0 atom stereocenters. The van der Waals surface area contributed by atoms with E-state index in [1.165, 1.54) is 10.8 Å². The lowest BCUT2D eigenvalue weighted by molar-refractivity contribution is 0.933. The molecule has 1 aromatic carbocycles. The van der Waals surface area contributed by atoms with Crippen molar-refractivity contribution in [2.24, 2.45) is 7.05 Å². The van der Waals surface area contributed by atoms with Gasteiger partial charge in [-0.15, -0.1) is 0 Å². The highest BCUT2D eigenvalue weighted by molar-refractivity contribution is 5.81. The molecule has 0 amide bonds. The lowest BCUT2D eigenvalue weighted by Gasteiger charge is -1.81. The number of rotatable bonds is 0. The zero-order valence-electron chi connectivity index (χ0n) is 5.83. The molecule has 0 bridgehead atoms. The molecule has 10 heavy (non-hydrogen) atoms. The second-order valence-corrected chi connectivity index (χ2v) is 2.46. The minimum atomic E-state index is 1.19. The van der Waals surface area contributed by atoms with Crippen LogP contribution in [-0.4, -0.2) is 4.57 Å². The highest BCUT2D eigenvalue weighted by atomic mass is 14.9. The number of benzene rings is 1. The summed E-state index contributed by atoms with van der Waals surface area (Å²) in [4.78, 5) is 0. The molecular weight excluding hydrogens is 122 g/mol. The highest BCUT2D eigenvalue weighted by Gasteiger charge is 1.91. The number of hydrogen-bond donors (Lipinski definition) is 0. The van der Waals surface area contributed by atoms with E-state index in [0.29, 0.717) is 0 Å². The van der Waals surface area contributed by atoms with Crippen LogP contribution in [0.4, 0.5) is 0 Å². The summed E-state index contributed by atoms with van der Waals surface area (Å²) >= 11 is 0. The maximum Gasteiger partial charge on any atom is 0.0117 e. The van der Waals surface area contributed by atoms with Crippen molar-refractivity contribution in [3.05, 3.63) is 36.7 Å². The van der Waals surface area contributed by atoms with Crippen molar-refractivity contribution in [3.63, 3.8) is 0 Å². The fourth-order valence-electron chi connectivity index (χ4n) is 1.15. The second kappa shape index (κ2) is 1.87. The van der Waals surface area contributed by atoms with Crippen LogP contribution in [0.5, 0.6) is 0 Å². The van der Waals surface area contributed by atoms with E-state index in [1.807, 2.05) is 23.7 Å². The first-order valence-corrected chi connectivity index (χ1v) is 3.28. The molecule has 0 aliphatic heterocycles. The van der Waals surface area contributed by atoms with Gasteiger partial charge < -0.3 is 4.57 Å². The molecule has 2 rings (SSSR count). The van der Waals surface area contributed by atoms with E-state index in [4.69, 9.17) is 0 Å². The average molecular weight is 130 g/mol. The van der Waals surface area contributed by atoms with Crippen LogP contribution in [0.1, 0.15) is 0 Å². The van der Waals surface area contributed by atoms with Gasteiger partial charge in [-0.25, -0.2) is 0 Å². The number of aryl methyl sites for hydroxylation is 1. The Morgan fingerprint density at radius 1 is 1.40 bits per heavy atom. The maximum atomic E-state index is 3.15. The molecule has 0 saturated heterocycles. The van der Waals surface area contributed by atoms with Gasteiger partial charge in [0.25, 0.3) is 0 Å². The Morgan fingerprint density at radius 3 is 3.10 bits per heavy atom. The molecule has 0 saturated carbocycles.